The van der Waals surface area contributed by atoms with E-state index in [0.717, 1.165) is 48.7 Å². The van der Waals surface area contributed by atoms with Crippen LogP contribution in [-0.2, 0) is 9.59 Å². The summed E-state index contributed by atoms with van der Waals surface area (Å²) in [4.78, 5) is 41.3. The molecule has 2 aliphatic heterocycles. The Morgan fingerprint density at radius 1 is 1.11 bits per heavy atom. The smallest absolute Gasteiger partial charge is 0.325 e. The molecule has 1 saturated carbocycles. The molecular formula is C21H26BrN3O3. The summed E-state index contributed by atoms with van der Waals surface area (Å²) in [5.41, 5.74) is 0.414. The maximum atomic E-state index is 12.9. The highest BCUT2D eigenvalue weighted by Gasteiger charge is 2.51. The van der Waals surface area contributed by atoms with E-state index in [1.807, 2.05) is 29.2 Å². The Morgan fingerprint density at radius 2 is 1.82 bits per heavy atom. The van der Waals surface area contributed by atoms with E-state index in [1.54, 1.807) is 0 Å². The largest absolute Gasteiger partial charge is 0.336 e. The van der Waals surface area contributed by atoms with Gasteiger partial charge in [-0.2, -0.15) is 0 Å². The van der Waals surface area contributed by atoms with E-state index in [9.17, 15) is 14.4 Å². The minimum atomic E-state index is -0.716. The summed E-state index contributed by atoms with van der Waals surface area (Å²) >= 11 is 3.45. The fraction of sp³-hybridized carbons (Fsp3) is 0.571. The number of carbonyl (C=O) groups is 3. The third-order valence-corrected chi connectivity index (χ3v) is 6.86. The monoisotopic (exact) mass is 447 g/mol. The summed E-state index contributed by atoms with van der Waals surface area (Å²) in [6.45, 7) is 0.887. The Hall–Kier alpha value is -1.89. The molecular weight excluding hydrogens is 422 g/mol. The van der Waals surface area contributed by atoms with Gasteiger partial charge in [0.2, 0.25) is 5.91 Å². The summed E-state index contributed by atoms with van der Waals surface area (Å²) in [5, 5.41) is 2.91. The number of nitrogens with one attached hydrogen (secondary N) is 1. The first-order chi connectivity index (χ1) is 13.5. The molecule has 7 heteroatoms. The van der Waals surface area contributed by atoms with Crippen LogP contribution in [0.25, 0.3) is 0 Å². The van der Waals surface area contributed by atoms with E-state index >= 15 is 0 Å². The fourth-order valence-corrected chi connectivity index (χ4v) is 5.09. The lowest BCUT2D eigenvalue weighted by Gasteiger charge is -2.30. The van der Waals surface area contributed by atoms with Crippen molar-refractivity contribution >= 4 is 33.8 Å². The van der Waals surface area contributed by atoms with E-state index in [-0.39, 0.29) is 36.9 Å². The van der Waals surface area contributed by atoms with Gasteiger partial charge in [-0.15, -0.1) is 0 Å². The van der Waals surface area contributed by atoms with Crippen molar-refractivity contribution in [2.75, 3.05) is 13.1 Å². The Labute approximate surface area is 173 Å². The van der Waals surface area contributed by atoms with E-state index in [1.165, 1.54) is 4.90 Å². The van der Waals surface area contributed by atoms with Gasteiger partial charge in [-0.1, -0.05) is 47.3 Å². The summed E-state index contributed by atoms with van der Waals surface area (Å²) < 4.78 is 1.02. The second-order valence-corrected chi connectivity index (χ2v) is 8.99. The van der Waals surface area contributed by atoms with Gasteiger partial charge in [0.05, 0.1) is 6.04 Å². The van der Waals surface area contributed by atoms with Crippen molar-refractivity contribution in [3.8, 4) is 0 Å². The lowest BCUT2D eigenvalue weighted by molar-refractivity contribution is -0.134. The zero-order valence-corrected chi connectivity index (χ0v) is 17.5. The summed E-state index contributed by atoms with van der Waals surface area (Å²) in [7, 11) is 0. The highest BCUT2D eigenvalue weighted by molar-refractivity contribution is 9.10. The first-order valence-electron chi connectivity index (χ1n) is 10.2. The van der Waals surface area contributed by atoms with Crippen LogP contribution in [0, 0.1) is 0 Å². The van der Waals surface area contributed by atoms with Crippen LogP contribution in [0.15, 0.2) is 28.7 Å². The molecule has 0 bridgehead atoms. The highest BCUT2D eigenvalue weighted by atomic mass is 79.9. The van der Waals surface area contributed by atoms with Gasteiger partial charge in [-0.05, 0) is 43.4 Å². The molecule has 1 aromatic rings. The van der Waals surface area contributed by atoms with E-state index < -0.39 is 5.54 Å². The molecule has 2 saturated heterocycles. The predicted molar refractivity (Wildman–Crippen MR) is 109 cm³/mol. The van der Waals surface area contributed by atoms with Crippen LogP contribution in [0.2, 0.25) is 0 Å². The summed E-state index contributed by atoms with van der Waals surface area (Å²) in [6, 6.07) is 7.81. The summed E-state index contributed by atoms with van der Waals surface area (Å²) in [6.07, 6.45) is 6.54. The van der Waals surface area contributed by atoms with Gasteiger partial charge in [0.25, 0.3) is 5.91 Å². The number of hydrogen-bond donors (Lipinski definition) is 1. The van der Waals surface area contributed by atoms with Crippen LogP contribution >= 0.6 is 15.9 Å². The number of imide groups is 1. The minimum absolute atomic E-state index is 0.00983. The van der Waals surface area contributed by atoms with Gasteiger partial charge in [-0.25, -0.2) is 4.79 Å². The number of benzene rings is 1. The topological polar surface area (TPSA) is 69.7 Å². The molecule has 0 aromatic heterocycles. The predicted octanol–water partition coefficient (Wildman–Crippen LogP) is 3.76. The maximum absolute atomic E-state index is 12.9. The number of likely N-dealkylation sites (tertiary alicyclic amines) is 1. The van der Waals surface area contributed by atoms with Crippen molar-refractivity contribution in [3.05, 3.63) is 34.3 Å². The molecule has 1 atom stereocenters. The van der Waals surface area contributed by atoms with Crippen LogP contribution < -0.4 is 5.32 Å². The standard InChI is InChI=1S/C21H26BrN3O3/c22-16-8-6-15(7-9-16)17-5-4-13-24(17)18(26)10-14-25-19(27)21(23-20(25)28)11-2-1-3-12-21/h6-9,17H,1-5,10-14H2,(H,23,28). The number of carbonyl (C=O) groups excluding carboxylic acids is 3. The molecule has 1 aliphatic carbocycles. The van der Waals surface area contributed by atoms with Crippen LogP contribution in [0.4, 0.5) is 4.79 Å². The van der Waals surface area contributed by atoms with Crippen molar-refractivity contribution in [2.45, 2.75) is 62.9 Å². The Bertz CT molecular complexity index is 774. The van der Waals surface area contributed by atoms with Crippen molar-refractivity contribution in [1.82, 2.24) is 15.1 Å². The zero-order valence-electron chi connectivity index (χ0n) is 16.0. The molecule has 1 spiro atoms. The lowest BCUT2D eigenvalue weighted by atomic mass is 9.82. The SMILES string of the molecule is O=C1NC2(CCCCC2)C(=O)N1CCC(=O)N1CCCC1c1ccc(Br)cc1. The van der Waals surface area contributed by atoms with Crippen LogP contribution in [0.3, 0.4) is 0 Å². The van der Waals surface area contributed by atoms with Crippen LogP contribution in [0.5, 0.6) is 0 Å². The number of rotatable bonds is 4. The second kappa shape index (κ2) is 7.85. The van der Waals surface area contributed by atoms with Crippen molar-refractivity contribution in [1.29, 1.82) is 0 Å². The molecule has 6 nitrogen and oxygen atoms in total. The Morgan fingerprint density at radius 3 is 2.54 bits per heavy atom. The van der Waals surface area contributed by atoms with Gasteiger partial charge in [0.15, 0.2) is 0 Å². The van der Waals surface area contributed by atoms with Crippen molar-refractivity contribution in [2.24, 2.45) is 0 Å². The fourth-order valence-electron chi connectivity index (χ4n) is 4.82. The van der Waals surface area contributed by atoms with Gasteiger partial charge in [-0.3, -0.25) is 14.5 Å². The molecule has 3 fully saturated rings. The number of halogens is 1. The third kappa shape index (κ3) is 3.56. The first kappa shape index (κ1) is 19.4. The molecule has 0 radical (unpaired) electrons. The van der Waals surface area contributed by atoms with E-state index in [0.29, 0.717) is 12.8 Å². The molecule has 1 unspecified atom stereocenters. The number of nitrogens with zero attached hydrogens (tertiary/aromatic N) is 2. The van der Waals surface area contributed by atoms with Crippen molar-refractivity contribution in [3.63, 3.8) is 0 Å². The number of urea groups is 1. The van der Waals surface area contributed by atoms with Gasteiger partial charge < -0.3 is 10.2 Å². The molecule has 28 heavy (non-hydrogen) atoms. The summed E-state index contributed by atoms with van der Waals surface area (Å²) in [5.74, 6) is -0.133. The Balaban J connectivity index is 1.39. The molecule has 3 aliphatic rings. The molecule has 1 N–H and O–H groups in total. The van der Waals surface area contributed by atoms with Crippen molar-refractivity contribution < 1.29 is 14.4 Å². The lowest BCUT2D eigenvalue weighted by Crippen LogP contribution is -2.48. The average molecular weight is 448 g/mol. The zero-order chi connectivity index (χ0) is 19.7. The quantitative estimate of drug-likeness (QED) is 0.714. The van der Waals surface area contributed by atoms with Gasteiger partial charge in [0.1, 0.15) is 5.54 Å². The third-order valence-electron chi connectivity index (χ3n) is 6.33. The molecule has 150 valence electrons. The molecule has 1 aromatic carbocycles. The average Bonchev–Trinajstić information content (AvgIpc) is 3.26. The van der Waals surface area contributed by atoms with E-state index in [2.05, 4.69) is 21.2 Å². The number of amides is 4. The maximum Gasteiger partial charge on any atom is 0.325 e. The highest BCUT2D eigenvalue weighted by Crippen LogP contribution is 2.35. The van der Waals surface area contributed by atoms with Gasteiger partial charge >= 0.3 is 6.03 Å². The van der Waals surface area contributed by atoms with Gasteiger partial charge in [0, 0.05) is 24.0 Å². The number of hydrogen-bond acceptors (Lipinski definition) is 3. The molecule has 4 rings (SSSR count). The van der Waals surface area contributed by atoms with E-state index in [4.69, 9.17) is 0 Å². The first-order valence-corrected chi connectivity index (χ1v) is 11.0. The van der Waals surface area contributed by atoms with Crippen LogP contribution in [-0.4, -0.2) is 46.3 Å². The Kier molecular flexibility index (Phi) is 5.45. The normalized spacial score (nSPS) is 24.1. The molecule has 2 heterocycles. The molecule has 4 amide bonds. The van der Waals surface area contributed by atoms with Crippen LogP contribution in [0.1, 0.15) is 63.0 Å². The second-order valence-electron chi connectivity index (χ2n) is 8.08. The minimum Gasteiger partial charge on any atom is -0.336 e.